The van der Waals surface area contributed by atoms with Crippen LogP contribution in [0.3, 0.4) is 0 Å². The van der Waals surface area contributed by atoms with E-state index in [-0.39, 0.29) is 0 Å². The molecule has 1 aliphatic rings. The summed E-state index contributed by atoms with van der Waals surface area (Å²) in [5.41, 5.74) is 1.33. The summed E-state index contributed by atoms with van der Waals surface area (Å²) in [6.45, 7) is 6.69. The highest BCUT2D eigenvalue weighted by molar-refractivity contribution is 7.18. The van der Waals surface area contributed by atoms with Crippen molar-refractivity contribution in [1.82, 2.24) is 14.9 Å². The first-order valence-corrected chi connectivity index (χ1v) is 8.01. The Morgan fingerprint density at radius 3 is 2.65 bits per heavy atom. The summed E-state index contributed by atoms with van der Waals surface area (Å²) in [5.74, 6) is 1.10. The summed E-state index contributed by atoms with van der Waals surface area (Å²) in [7, 11) is 4.38. The lowest BCUT2D eigenvalue weighted by molar-refractivity contribution is 0.252. The Morgan fingerprint density at radius 2 is 1.95 bits per heavy atom. The molecule has 3 heterocycles. The number of rotatable bonds is 2. The average Bonchev–Trinajstić information content (AvgIpc) is 2.74. The summed E-state index contributed by atoms with van der Waals surface area (Å²) in [5, 5.41) is 1.25. The molecule has 0 aromatic carbocycles. The maximum absolute atomic E-state index is 4.58. The first-order chi connectivity index (χ1) is 9.58. The molecule has 0 radical (unpaired) electrons. The van der Waals surface area contributed by atoms with E-state index in [9.17, 15) is 0 Å². The lowest BCUT2D eigenvalue weighted by Crippen LogP contribution is -2.42. The molecule has 20 heavy (non-hydrogen) atoms. The van der Waals surface area contributed by atoms with Crippen LogP contribution in [0.4, 0.5) is 5.82 Å². The number of piperidine rings is 1. The molecular weight excluding hydrogens is 268 g/mol. The largest absolute Gasteiger partial charge is 0.356 e. The first-order valence-electron chi connectivity index (χ1n) is 7.20. The van der Waals surface area contributed by atoms with E-state index in [1.54, 1.807) is 17.7 Å². The maximum Gasteiger partial charge on any atom is 0.141 e. The van der Waals surface area contributed by atoms with E-state index < -0.39 is 0 Å². The fourth-order valence-electron chi connectivity index (χ4n) is 2.99. The SMILES string of the molecule is Cc1sc2ncnc(N(C)C3CCN(C)CC3)c2c1C. The van der Waals surface area contributed by atoms with Crippen molar-refractivity contribution >= 4 is 27.4 Å². The topological polar surface area (TPSA) is 32.3 Å². The molecule has 0 N–H and O–H groups in total. The van der Waals surface area contributed by atoms with Crippen molar-refractivity contribution in [2.75, 3.05) is 32.1 Å². The monoisotopic (exact) mass is 290 g/mol. The van der Waals surface area contributed by atoms with Gasteiger partial charge in [0.05, 0.1) is 5.39 Å². The number of hydrogen-bond donors (Lipinski definition) is 0. The second-order valence-corrected chi connectivity index (χ2v) is 7.01. The summed E-state index contributed by atoms with van der Waals surface area (Å²) >= 11 is 1.77. The molecule has 108 valence electrons. The van der Waals surface area contributed by atoms with Crippen LogP contribution < -0.4 is 4.90 Å². The van der Waals surface area contributed by atoms with Crippen LogP contribution in [0.2, 0.25) is 0 Å². The second kappa shape index (κ2) is 5.30. The standard InChI is InChI=1S/C15H22N4S/c1-10-11(2)20-15-13(10)14(16-9-17-15)19(4)12-5-7-18(3)8-6-12/h9,12H,5-8H2,1-4H3. The molecule has 0 saturated carbocycles. The van der Waals surface area contributed by atoms with Gasteiger partial charge in [-0.2, -0.15) is 0 Å². The number of thiophene rings is 1. The van der Waals surface area contributed by atoms with E-state index >= 15 is 0 Å². The van der Waals surface area contributed by atoms with Crippen LogP contribution in [0.25, 0.3) is 10.2 Å². The zero-order valence-electron chi connectivity index (χ0n) is 12.7. The Labute approximate surface area is 124 Å². The molecule has 1 fully saturated rings. The fourth-order valence-corrected chi connectivity index (χ4v) is 3.98. The Kier molecular flexibility index (Phi) is 3.65. The zero-order valence-corrected chi connectivity index (χ0v) is 13.5. The molecule has 3 rings (SSSR count). The predicted octanol–water partition coefficient (Wildman–Crippen LogP) is 2.84. The third-order valence-corrected chi connectivity index (χ3v) is 5.63. The molecule has 0 spiro atoms. The fraction of sp³-hybridized carbons (Fsp3) is 0.600. The van der Waals surface area contributed by atoms with Gasteiger partial charge in [-0.05, 0) is 52.4 Å². The van der Waals surface area contributed by atoms with Crippen molar-refractivity contribution in [3.63, 3.8) is 0 Å². The van der Waals surface area contributed by atoms with Crippen molar-refractivity contribution in [1.29, 1.82) is 0 Å². The smallest absolute Gasteiger partial charge is 0.141 e. The first kappa shape index (κ1) is 13.8. The molecule has 0 unspecified atom stereocenters. The molecule has 5 heteroatoms. The minimum absolute atomic E-state index is 0.587. The minimum Gasteiger partial charge on any atom is -0.356 e. The van der Waals surface area contributed by atoms with E-state index in [0.717, 1.165) is 10.6 Å². The Hall–Kier alpha value is -1.20. The molecule has 2 aromatic rings. The number of aryl methyl sites for hydroxylation is 2. The average molecular weight is 290 g/mol. The van der Waals surface area contributed by atoms with Crippen LogP contribution in [-0.4, -0.2) is 48.1 Å². The summed E-state index contributed by atoms with van der Waals surface area (Å²) in [4.78, 5) is 16.3. The quantitative estimate of drug-likeness (QED) is 0.851. The van der Waals surface area contributed by atoms with Crippen molar-refractivity contribution in [2.24, 2.45) is 0 Å². The van der Waals surface area contributed by atoms with E-state index in [1.165, 1.54) is 41.8 Å². The van der Waals surface area contributed by atoms with Gasteiger partial charge in [-0.15, -0.1) is 11.3 Å². The highest BCUT2D eigenvalue weighted by atomic mass is 32.1. The van der Waals surface area contributed by atoms with Crippen molar-refractivity contribution in [3.05, 3.63) is 16.8 Å². The van der Waals surface area contributed by atoms with Crippen LogP contribution in [0.5, 0.6) is 0 Å². The molecule has 4 nitrogen and oxygen atoms in total. The molecule has 1 aliphatic heterocycles. The maximum atomic E-state index is 4.58. The van der Waals surface area contributed by atoms with E-state index in [2.05, 4.69) is 47.7 Å². The van der Waals surface area contributed by atoms with Crippen LogP contribution in [0.15, 0.2) is 6.33 Å². The van der Waals surface area contributed by atoms with Gasteiger partial charge in [0.15, 0.2) is 0 Å². The van der Waals surface area contributed by atoms with E-state index in [0.29, 0.717) is 6.04 Å². The van der Waals surface area contributed by atoms with Gasteiger partial charge >= 0.3 is 0 Å². The van der Waals surface area contributed by atoms with Crippen LogP contribution in [-0.2, 0) is 0 Å². The van der Waals surface area contributed by atoms with Gasteiger partial charge in [0.2, 0.25) is 0 Å². The van der Waals surface area contributed by atoms with Crippen LogP contribution in [0.1, 0.15) is 23.3 Å². The van der Waals surface area contributed by atoms with Crippen molar-refractivity contribution in [3.8, 4) is 0 Å². The number of likely N-dealkylation sites (tertiary alicyclic amines) is 1. The van der Waals surface area contributed by atoms with Crippen molar-refractivity contribution < 1.29 is 0 Å². The summed E-state index contributed by atoms with van der Waals surface area (Å²) in [6.07, 6.45) is 4.12. The predicted molar refractivity (Wildman–Crippen MR) is 85.8 cm³/mol. The van der Waals surface area contributed by atoms with Gasteiger partial charge in [-0.25, -0.2) is 9.97 Å². The van der Waals surface area contributed by atoms with E-state index in [4.69, 9.17) is 0 Å². The van der Waals surface area contributed by atoms with Crippen LogP contribution >= 0.6 is 11.3 Å². The van der Waals surface area contributed by atoms with E-state index in [1.807, 2.05) is 0 Å². The second-order valence-electron chi connectivity index (χ2n) is 5.81. The third-order valence-electron chi connectivity index (χ3n) is 4.52. The minimum atomic E-state index is 0.587. The number of anilines is 1. The molecule has 2 aromatic heterocycles. The molecule has 1 saturated heterocycles. The third kappa shape index (κ3) is 2.29. The molecular formula is C15H22N4S. The molecule has 0 atom stereocenters. The summed E-state index contributed by atoms with van der Waals surface area (Å²) in [6, 6.07) is 0.587. The number of nitrogens with zero attached hydrogens (tertiary/aromatic N) is 4. The highest BCUT2D eigenvalue weighted by Gasteiger charge is 2.24. The number of fused-ring (bicyclic) bond motifs is 1. The number of hydrogen-bond acceptors (Lipinski definition) is 5. The van der Waals surface area contributed by atoms with Gasteiger partial charge in [-0.1, -0.05) is 0 Å². The Morgan fingerprint density at radius 1 is 1.25 bits per heavy atom. The van der Waals surface area contributed by atoms with Crippen LogP contribution in [0, 0.1) is 13.8 Å². The Balaban J connectivity index is 1.97. The molecule has 0 bridgehead atoms. The zero-order chi connectivity index (χ0) is 14.3. The molecule has 0 amide bonds. The highest BCUT2D eigenvalue weighted by Crippen LogP contribution is 2.35. The lowest BCUT2D eigenvalue weighted by Gasteiger charge is -2.36. The van der Waals surface area contributed by atoms with Gasteiger partial charge in [0.25, 0.3) is 0 Å². The normalized spacial score (nSPS) is 17.8. The van der Waals surface area contributed by atoms with Gasteiger partial charge in [0, 0.05) is 18.0 Å². The van der Waals surface area contributed by atoms with Gasteiger partial charge < -0.3 is 9.80 Å². The Bertz CT molecular complexity index is 614. The van der Waals surface area contributed by atoms with Crippen molar-refractivity contribution in [2.45, 2.75) is 32.7 Å². The molecule has 0 aliphatic carbocycles. The van der Waals surface area contributed by atoms with Gasteiger partial charge in [-0.3, -0.25) is 0 Å². The summed E-state index contributed by atoms with van der Waals surface area (Å²) < 4.78 is 0. The number of aromatic nitrogens is 2. The van der Waals surface area contributed by atoms with Gasteiger partial charge in [0.1, 0.15) is 17.0 Å². The lowest BCUT2D eigenvalue weighted by atomic mass is 10.0.